The predicted molar refractivity (Wildman–Crippen MR) is 76.8 cm³/mol. The number of hydrogen-bond acceptors (Lipinski definition) is 4. The number of aromatic amines is 1. The Morgan fingerprint density at radius 3 is 2.40 bits per heavy atom. The lowest BCUT2D eigenvalue weighted by Crippen LogP contribution is -2.07. The van der Waals surface area contributed by atoms with Gasteiger partial charge in [-0.25, -0.2) is 0 Å². The van der Waals surface area contributed by atoms with Crippen molar-refractivity contribution >= 4 is 21.8 Å². The summed E-state index contributed by atoms with van der Waals surface area (Å²) in [7, 11) is 3.03. The number of nitrogens with one attached hydrogen (secondary N) is 1. The molecule has 0 radical (unpaired) electrons. The molecule has 1 aromatic heterocycles. The van der Waals surface area contributed by atoms with Crippen molar-refractivity contribution in [1.29, 1.82) is 0 Å². The van der Waals surface area contributed by atoms with Gasteiger partial charge in [0.2, 0.25) is 5.43 Å². The summed E-state index contributed by atoms with van der Waals surface area (Å²) in [6, 6.07) is 8.28. The van der Waals surface area contributed by atoms with Crippen LogP contribution in [0.4, 0.5) is 0 Å². The molecule has 0 atom stereocenters. The standard InChI is InChI=1S/C15H13NO4/c1-19-10-6-7-11(20-2)14-13(10)15(18)12-8(16-14)4-3-5-9(12)17/h3-7,17H,1-2H3,(H,16,18). The van der Waals surface area contributed by atoms with Gasteiger partial charge in [0.15, 0.2) is 0 Å². The van der Waals surface area contributed by atoms with Crippen LogP contribution < -0.4 is 14.9 Å². The van der Waals surface area contributed by atoms with Crippen molar-refractivity contribution < 1.29 is 14.6 Å². The summed E-state index contributed by atoms with van der Waals surface area (Å²) < 4.78 is 10.5. The fraction of sp³-hybridized carbons (Fsp3) is 0.133. The Morgan fingerprint density at radius 1 is 1.00 bits per heavy atom. The molecule has 0 spiro atoms. The molecule has 0 unspecified atom stereocenters. The first kappa shape index (κ1) is 12.3. The zero-order chi connectivity index (χ0) is 14.3. The van der Waals surface area contributed by atoms with Crippen LogP contribution in [0.1, 0.15) is 0 Å². The normalized spacial score (nSPS) is 10.9. The number of fused-ring (bicyclic) bond motifs is 2. The molecule has 3 aromatic rings. The number of pyridine rings is 1. The average Bonchev–Trinajstić information content (AvgIpc) is 2.46. The zero-order valence-corrected chi connectivity index (χ0v) is 11.1. The summed E-state index contributed by atoms with van der Waals surface area (Å²) in [6.45, 7) is 0. The first-order chi connectivity index (χ1) is 9.67. The monoisotopic (exact) mass is 271 g/mol. The van der Waals surface area contributed by atoms with Gasteiger partial charge in [0.05, 0.1) is 36.0 Å². The second-order valence-corrected chi connectivity index (χ2v) is 4.37. The molecule has 20 heavy (non-hydrogen) atoms. The van der Waals surface area contributed by atoms with Gasteiger partial charge < -0.3 is 19.6 Å². The number of benzene rings is 2. The van der Waals surface area contributed by atoms with Gasteiger partial charge in [0, 0.05) is 0 Å². The van der Waals surface area contributed by atoms with Gasteiger partial charge in [0.1, 0.15) is 17.2 Å². The van der Waals surface area contributed by atoms with Crippen molar-refractivity contribution in [2.75, 3.05) is 14.2 Å². The van der Waals surface area contributed by atoms with E-state index in [4.69, 9.17) is 9.47 Å². The minimum Gasteiger partial charge on any atom is -0.507 e. The van der Waals surface area contributed by atoms with E-state index in [1.54, 1.807) is 24.3 Å². The predicted octanol–water partition coefficient (Wildman–Crippen LogP) is 2.40. The van der Waals surface area contributed by atoms with E-state index in [9.17, 15) is 9.90 Å². The third-order valence-corrected chi connectivity index (χ3v) is 3.32. The summed E-state index contributed by atoms with van der Waals surface area (Å²) in [4.78, 5) is 15.8. The van der Waals surface area contributed by atoms with E-state index in [0.717, 1.165) is 0 Å². The van der Waals surface area contributed by atoms with Crippen LogP contribution in [0, 0.1) is 0 Å². The Kier molecular flexibility index (Phi) is 2.75. The molecule has 0 fully saturated rings. The number of aromatic hydroxyl groups is 1. The van der Waals surface area contributed by atoms with E-state index < -0.39 is 0 Å². The number of phenols is 1. The fourth-order valence-corrected chi connectivity index (χ4v) is 2.40. The molecule has 1 heterocycles. The summed E-state index contributed by atoms with van der Waals surface area (Å²) in [5.74, 6) is 0.922. The zero-order valence-electron chi connectivity index (χ0n) is 11.1. The highest BCUT2D eigenvalue weighted by Crippen LogP contribution is 2.32. The number of ether oxygens (including phenoxy) is 2. The van der Waals surface area contributed by atoms with Crippen LogP contribution in [0.15, 0.2) is 35.1 Å². The Hall–Kier alpha value is -2.69. The Morgan fingerprint density at radius 2 is 1.70 bits per heavy atom. The quantitative estimate of drug-likeness (QED) is 0.702. The van der Waals surface area contributed by atoms with Crippen LogP contribution in [0.25, 0.3) is 21.8 Å². The Bertz CT molecular complexity index is 867. The Balaban J connectivity index is 2.62. The van der Waals surface area contributed by atoms with Gasteiger partial charge in [-0.05, 0) is 24.3 Å². The van der Waals surface area contributed by atoms with Crippen LogP contribution in [-0.2, 0) is 0 Å². The lowest BCUT2D eigenvalue weighted by molar-refractivity contribution is 0.409. The largest absolute Gasteiger partial charge is 0.507 e. The number of methoxy groups -OCH3 is 2. The third-order valence-electron chi connectivity index (χ3n) is 3.32. The molecule has 0 saturated carbocycles. The van der Waals surface area contributed by atoms with Crippen molar-refractivity contribution in [2.45, 2.75) is 0 Å². The van der Waals surface area contributed by atoms with Crippen molar-refractivity contribution in [3.05, 3.63) is 40.6 Å². The smallest absolute Gasteiger partial charge is 0.204 e. The highest BCUT2D eigenvalue weighted by molar-refractivity contribution is 6.00. The maximum atomic E-state index is 12.6. The molecule has 5 heteroatoms. The van der Waals surface area contributed by atoms with Gasteiger partial charge >= 0.3 is 0 Å². The maximum Gasteiger partial charge on any atom is 0.204 e. The Labute approximate surface area is 114 Å². The van der Waals surface area contributed by atoms with E-state index in [1.807, 2.05) is 0 Å². The minimum atomic E-state index is -0.289. The molecule has 2 aromatic carbocycles. The molecule has 0 aliphatic heterocycles. The van der Waals surface area contributed by atoms with Crippen molar-refractivity contribution in [1.82, 2.24) is 4.98 Å². The van der Waals surface area contributed by atoms with Crippen LogP contribution in [-0.4, -0.2) is 24.3 Å². The van der Waals surface area contributed by atoms with Crippen molar-refractivity contribution in [3.63, 3.8) is 0 Å². The first-order valence-corrected chi connectivity index (χ1v) is 6.06. The number of phenolic OH excluding ortho intramolecular Hbond substituents is 1. The SMILES string of the molecule is COc1ccc(OC)c2c(=O)c3c(O)cccc3[nH]c12. The van der Waals surface area contributed by atoms with Crippen LogP contribution in [0.3, 0.4) is 0 Å². The summed E-state index contributed by atoms with van der Waals surface area (Å²) in [5.41, 5.74) is 0.812. The molecule has 5 nitrogen and oxygen atoms in total. The lowest BCUT2D eigenvalue weighted by atomic mass is 10.1. The molecule has 0 aliphatic rings. The van der Waals surface area contributed by atoms with E-state index in [2.05, 4.69) is 4.98 Å². The molecule has 102 valence electrons. The molecule has 0 aliphatic carbocycles. The van der Waals surface area contributed by atoms with Gasteiger partial charge in [-0.1, -0.05) is 6.07 Å². The maximum absolute atomic E-state index is 12.6. The molecular formula is C15H13NO4. The second kappa shape index (κ2) is 4.45. The molecule has 3 rings (SSSR count). The number of aromatic nitrogens is 1. The second-order valence-electron chi connectivity index (χ2n) is 4.37. The molecule has 2 N–H and O–H groups in total. The van der Waals surface area contributed by atoms with Gasteiger partial charge in [0.25, 0.3) is 0 Å². The lowest BCUT2D eigenvalue weighted by Gasteiger charge is -2.11. The average molecular weight is 271 g/mol. The van der Waals surface area contributed by atoms with Gasteiger partial charge in [-0.2, -0.15) is 0 Å². The van der Waals surface area contributed by atoms with Gasteiger partial charge in [-0.15, -0.1) is 0 Å². The van der Waals surface area contributed by atoms with Crippen LogP contribution in [0.2, 0.25) is 0 Å². The van der Waals surface area contributed by atoms with Crippen LogP contribution in [0.5, 0.6) is 17.2 Å². The van der Waals surface area contributed by atoms with Gasteiger partial charge in [-0.3, -0.25) is 4.79 Å². The van der Waals surface area contributed by atoms with Crippen LogP contribution >= 0.6 is 0 Å². The number of rotatable bonds is 2. The number of H-pyrrole nitrogens is 1. The topological polar surface area (TPSA) is 71.6 Å². The first-order valence-electron chi connectivity index (χ1n) is 6.06. The van der Waals surface area contributed by atoms with Crippen molar-refractivity contribution in [2.24, 2.45) is 0 Å². The van der Waals surface area contributed by atoms with E-state index in [1.165, 1.54) is 20.3 Å². The van der Waals surface area contributed by atoms with Crippen molar-refractivity contribution in [3.8, 4) is 17.2 Å². The highest BCUT2D eigenvalue weighted by Gasteiger charge is 2.15. The third kappa shape index (κ3) is 1.60. The molecule has 0 saturated heterocycles. The van der Waals surface area contributed by atoms with E-state index in [-0.39, 0.29) is 16.6 Å². The fourth-order valence-electron chi connectivity index (χ4n) is 2.40. The summed E-state index contributed by atoms with van der Waals surface area (Å²) in [6.07, 6.45) is 0. The van der Waals surface area contributed by atoms with E-state index in [0.29, 0.717) is 27.9 Å². The van der Waals surface area contributed by atoms with E-state index >= 15 is 0 Å². The minimum absolute atomic E-state index is 0.0597. The molecular weight excluding hydrogens is 258 g/mol. The summed E-state index contributed by atoms with van der Waals surface area (Å²) >= 11 is 0. The highest BCUT2D eigenvalue weighted by atomic mass is 16.5. The molecule has 0 bridgehead atoms. The molecule has 0 amide bonds. The number of hydrogen-bond donors (Lipinski definition) is 2. The summed E-state index contributed by atoms with van der Waals surface area (Å²) in [5, 5.41) is 10.5.